The first kappa shape index (κ1) is 20.0. The molecule has 1 fully saturated rings. The minimum Gasteiger partial charge on any atom is -0.480 e. The summed E-state index contributed by atoms with van der Waals surface area (Å²) in [6, 6.07) is 9.82. The van der Waals surface area contributed by atoms with Gasteiger partial charge in [-0.05, 0) is 60.9 Å². The van der Waals surface area contributed by atoms with E-state index in [0.717, 1.165) is 29.7 Å². The van der Waals surface area contributed by atoms with Crippen LogP contribution in [0.4, 0.5) is 4.39 Å². The van der Waals surface area contributed by atoms with Crippen LogP contribution < -0.4 is 5.32 Å². The van der Waals surface area contributed by atoms with Crippen LogP contribution in [0.3, 0.4) is 0 Å². The molecule has 148 valence electrons. The number of nitrogens with zero attached hydrogens (tertiary/aromatic N) is 1. The minimum absolute atomic E-state index is 0.203. The maximum absolute atomic E-state index is 13.2. The molecule has 1 heterocycles. The van der Waals surface area contributed by atoms with E-state index >= 15 is 0 Å². The number of carbonyl (C=O) groups is 2. The Kier molecular flexibility index (Phi) is 5.77. The summed E-state index contributed by atoms with van der Waals surface area (Å²) in [5, 5.41) is 12.2. The van der Waals surface area contributed by atoms with Gasteiger partial charge in [0.05, 0.1) is 0 Å². The fourth-order valence-corrected chi connectivity index (χ4v) is 3.41. The average Bonchev–Trinajstić information content (AvgIpc) is 3.52. The third-order valence-corrected chi connectivity index (χ3v) is 5.51. The number of pyridine rings is 1. The monoisotopic (exact) mass is 384 g/mol. The molecule has 1 saturated carbocycles. The van der Waals surface area contributed by atoms with Gasteiger partial charge in [0.1, 0.15) is 17.1 Å². The third kappa shape index (κ3) is 4.21. The Morgan fingerprint density at radius 1 is 1.14 bits per heavy atom. The van der Waals surface area contributed by atoms with Gasteiger partial charge in [-0.3, -0.25) is 4.79 Å². The smallest absolute Gasteiger partial charge is 0.329 e. The van der Waals surface area contributed by atoms with Crippen molar-refractivity contribution in [2.45, 2.75) is 57.4 Å². The summed E-state index contributed by atoms with van der Waals surface area (Å²) in [4.78, 5) is 29.0. The Morgan fingerprint density at radius 2 is 1.79 bits per heavy atom. The highest BCUT2D eigenvalue weighted by atomic mass is 19.1. The van der Waals surface area contributed by atoms with E-state index < -0.39 is 17.4 Å². The van der Waals surface area contributed by atoms with Crippen molar-refractivity contribution in [3.8, 4) is 0 Å². The van der Waals surface area contributed by atoms with Crippen LogP contribution in [0.2, 0.25) is 0 Å². The van der Waals surface area contributed by atoms with Gasteiger partial charge >= 0.3 is 5.97 Å². The lowest BCUT2D eigenvalue weighted by Crippen LogP contribution is -2.53. The minimum atomic E-state index is -1.30. The molecule has 1 aromatic heterocycles. The van der Waals surface area contributed by atoms with E-state index in [9.17, 15) is 19.1 Å². The molecule has 5 nitrogen and oxygen atoms in total. The molecule has 28 heavy (non-hydrogen) atoms. The fourth-order valence-electron chi connectivity index (χ4n) is 3.41. The molecule has 2 N–H and O–H groups in total. The van der Waals surface area contributed by atoms with Gasteiger partial charge in [-0.2, -0.15) is 0 Å². The van der Waals surface area contributed by atoms with E-state index in [-0.39, 0.29) is 24.4 Å². The van der Waals surface area contributed by atoms with Crippen LogP contribution in [0.1, 0.15) is 72.8 Å². The maximum atomic E-state index is 13.2. The van der Waals surface area contributed by atoms with Crippen LogP contribution in [0.15, 0.2) is 36.4 Å². The van der Waals surface area contributed by atoms with Crippen LogP contribution in [-0.4, -0.2) is 27.5 Å². The summed E-state index contributed by atoms with van der Waals surface area (Å²) in [5.74, 6) is -1.39. The van der Waals surface area contributed by atoms with Crippen molar-refractivity contribution in [2.24, 2.45) is 0 Å². The fraction of sp³-hybridized carbons (Fsp3) is 0.409. The number of aromatic nitrogens is 1. The quantitative estimate of drug-likeness (QED) is 0.719. The third-order valence-electron chi connectivity index (χ3n) is 5.51. The number of carbonyl (C=O) groups excluding carboxylic acids is 1. The van der Waals surface area contributed by atoms with Crippen molar-refractivity contribution < 1.29 is 19.1 Å². The molecule has 1 amide bonds. The SMILES string of the molecule is CCC(CC)(NC(=O)c1ccc(C2CC2)c(Cc2ccc(F)cc2)n1)C(=O)O. The first-order valence-electron chi connectivity index (χ1n) is 9.68. The summed E-state index contributed by atoms with van der Waals surface area (Å²) in [6.45, 7) is 3.48. The van der Waals surface area contributed by atoms with Crippen molar-refractivity contribution in [3.63, 3.8) is 0 Å². The highest BCUT2D eigenvalue weighted by Crippen LogP contribution is 2.41. The largest absolute Gasteiger partial charge is 0.480 e. The summed E-state index contributed by atoms with van der Waals surface area (Å²) >= 11 is 0. The number of amides is 1. The standard InChI is InChI=1S/C22H25FN2O3/c1-3-22(4-2,21(27)28)25-20(26)18-12-11-17(15-7-8-15)19(24-18)13-14-5-9-16(23)10-6-14/h5-6,9-12,15H,3-4,7-8,13H2,1-2H3,(H,25,26)(H,27,28). The van der Waals surface area contributed by atoms with E-state index in [1.165, 1.54) is 12.1 Å². The molecule has 0 bridgehead atoms. The van der Waals surface area contributed by atoms with Crippen molar-refractivity contribution in [1.29, 1.82) is 0 Å². The van der Waals surface area contributed by atoms with Gasteiger partial charge in [0.15, 0.2) is 0 Å². The summed E-state index contributed by atoms with van der Waals surface area (Å²) in [6.07, 6.45) is 3.26. The number of carboxylic acids is 1. The van der Waals surface area contributed by atoms with Crippen LogP contribution in [-0.2, 0) is 11.2 Å². The van der Waals surface area contributed by atoms with Crippen LogP contribution in [0, 0.1) is 5.82 Å². The number of carboxylic acid groups (broad SMARTS) is 1. The van der Waals surface area contributed by atoms with Gasteiger partial charge in [0.25, 0.3) is 5.91 Å². The zero-order valence-electron chi connectivity index (χ0n) is 16.2. The zero-order chi connectivity index (χ0) is 20.3. The number of rotatable bonds is 8. The molecule has 3 rings (SSSR count). The summed E-state index contributed by atoms with van der Waals surface area (Å²) in [5.41, 5.74) is 1.71. The molecule has 0 aliphatic heterocycles. The number of aliphatic carboxylic acids is 1. The van der Waals surface area contributed by atoms with E-state index in [0.29, 0.717) is 12.3 Å². The molecular formula is C22H25FN2O3. The number of halogens is 1. The molecule has 0 atom stereocenters. The molecule has 6 heteroatoms. The van der Waals surface area contributed by atoms with Gasteiger partial charge in [0.2, 0.25) is 0 Å². The molecular weight excluding hydrogens is 359 g/mol. The summed E-state index contributed by atoms with van der Waals surface area (Å²) in [7, 11) is 0. The normalized spacial score (nSPS) is 14.0. The summed E-state index contributed by atoms with van der Waals surface area (Å²) < 4.78 is 13.2. The van der Waals surface area contributed by atoms with Gasteiger partial charge in [-0.1, -0.05) is 32.0 Å². The number of benzene rings is 1. The van der Waals surface area contributed by atoms with Crippen molar-refractivity contribution in [1.82, 2.24) is 10.3 Å². The lowest BCUT2D eigenvalue weighted by molar-refractivity contribution is -0.144. The number of hydrogen-bond acceptors (Lipinski definition) is 3. The second-order valence-corrected chi connectivity index (χ2v) is 7.36. The van der Waals surface area contributed by atoms with E-state index in [1.54, 1.807) is 32.0 Å². The lowest BCUT2D eigenvalue weighted by Gasteiger charge is -2.28. The van der Waals surface area contributed by atoms with E-state index in [4.69, 9.17) is 0 Å². The Hall–Kier alpha value is -2.76. The first-order chi connectivity index (χ1) is 13.4. The van der Waals surface area contributed by atoms with Crippen LogP contribution in [0.25, 0.3) is 0 Å². The molecule has 1 aromatic carbocycles. The van der Waals surface area contributed by atoms with Crippen molar-refractivity contribution >= 4 is 11.9 Å². The average molecular weight is 384 g/mol. The first-order valence-corrected chi connectivity index (χ1v) is 9.68. The Balaban J connectivity index is 1.88. The van der Waals surface area contributed by atoms with Crippen LogP contribution in [0.5, 0.6) is 0 Å². The van der Waals surface area contributed by atoms with Gasteiger partial charge in [-0.25, -0.2) is 14.2 Å². The second kappa shape index (κ2) is 8.09. The number of hydrogen-bond donors (Lipinski definition) is 2. The van der Waals surface area contributed by atoms with Crippen molar-refractivity contribution in [2.75, 3.05) is 0 Å². The van der Waals surface area contributed by atoms with Gasteiger partial charge in [-0.15, -0.1) is 0 Å². The second-order valence-electron chi connectivity index (χ2n) is 7.36. The van der Waals surface area contributed by atoms with Gasteiger partial charge < -0.3 is 10.4 Å². The molecule has 0 unspecified atom stereocenters. The predicted molar refractivity (Wildman–Crippen MR) is 104 cm³/mol. The number of nitrogens with one attached hydrogen (secondary N) is 1. The molecule has 1 aliphatic rings. The maximum Gasteiger partial charge on any atom is 0.329 e. The predicted octanol–water partition coefficient (Wildman–Crippen LogP) is 4.06. The highest BCUT2D eigenvalue weighted by molar-refractivity contribution is 5.96. The van der Waals surface area contributed by atoms with Crippen molar-refractivity contribution in [3.05, 3.63) is 64.7 Å². The van der Waals surface area contributed by atoms with E-state index in [2.05, 4.69) is 10.3 Å². The Morgan fingerprint density at radius 3 is 2.32 bits per heavy atom. The highest BCUT2D eigenvalue weighted by Gasteiger charge is 2.37. The molecule has 0 spiro atoms. The zero-order valence-corrected chi connectivity index (χ0v) is 16.2. The lowest BCUT2D eigenvalue weighted by atomic mass is 9.92. The Bertz CT molecular complexity index is 872. The van der Waals surface area contributed by atoms with Crippen LogP contribution >= 0.6 is 0 Å². The topological polar surface area (TPSA) is 79.3 Å². The Labute approximate surface area is 164 Å². The molecule has 0 radical (unpaired) electrons. The van der Waals surface area contributed by atoms with E-state index in [1.807, 2.05) is 6.07 Å². The molecule has 0 saturated heterocycles. The molecule has 2 aromatic rings. The molecule has 1 aliphatic carbocycles. The van der Waals surface area contributed by atoms with Gasteiger partial charge in [0, 0.05) is 12.1 Å².